The number of urea groups is 1. The number of para-hydroxylation sites is 1. The van der Waals surface area contributed by atoms with Gasteiger partial charge in [-0.15, -0.1) is 11.3 Å². The van der Waals surface area contributed by atoms with E-state index in [0.29, 0.717) is 5.01 Å². The maximum absolute atomic E-state index is 14.1. The van der Waals surface area contributed by atoms with Gasteiger partial charge in [0.25, 0.3) is 5.91 Å². The fraction of sp³-hybridized carbons (Fsp3) is 0.389. The van der Waals surface area contributed by atoms with Gasteiger partial charge in [-0.1, -0.05) is 81.8 Å². The van der Waals surface area contributed by atoms with Crippen molar-refractivity contribution in [1.29, 1.82) is 0 Å². The van der Waals surface area contributed by atoms with Crippen molar-refractivity contribution in [2.24, 2.45) is 11.8 Å². The van der Waals surface area contributed by atoms with Crippen LogP contribution in [0.15, 0.2) is 77.7 Å². The number of hydrogen-bond donors (Lipinski definition) is 3. The van der Waals surface area contributed by atoms with Gasteiger partial charge in [0.2, 0.25) is 15.9 Å². The van der Waals surface area contributed by atoms with E-state index in [1.165, 1.54) is 38.7 Å². The van der Waals surface area contributed by atoms with Crippen LogP contribution in [0, 0.1) is 11.8 Å². The number of sulfonamides is 1. The molecule has 0 aliphatic carbocycles. The SMILES string of the molecule is CC(C)CN(C[C@@H](O)[C@H](Cc1ccccc1)NC(=O)[C@H](C(C)C)N1CC(=O)N(Cc2nc3ccccc3s2)C1=O)S(=O)(=O)c1ccc(Cl)c(N)c1. The lowest BCUT2D eigenvalue weighted by Gasteiger charge is -2.34. The molecule has 15 heteroatoms. The van der Waals surface area contributed by atoms with E-state index < -0.39 is 52.0 Å². The summed E-state index contributed by atoms with van der Waals surface area (Å²) < 4.78 is 29.8. The van der Waals surface area contributed by atoms with Crippen LogP contribution in [-0.4, -0.2) is 88.3 Å². The molecule has 3 aromatic carbocycles. The van der Waals surface area contributed by atoms with Crippen LogP contribution in [0.5, 0.6) is 0 Å². The Labute approximate surface area is 307 Å². The van der Waals surface area contributed by atoms with Gasteiger partial charge < -0.3 is 21.1 Å². The summed E-state index contributed by atoms with van der Waals surface area (Å²) in [6.07, 6.45) is -1.20. The molecule has 1 aliphatic heterocycles. The number of carbonyl (C=O) groups is 3. The van der Waals surface area contributed by atoms with Crippen molar-refractivity contribution in [3.8, 4) is 0 Å². The number of nitrogen functional groups attached to an aromatic ring is 1. The second-order valence-electron chi connectivity index (χ2n) is 13.4. The number of nitrogens with two attached hydrogens (primary N) is 1. The quantitative estimate of drug-likeness (QED) is 0.116. The zero-order chi connectivity index (χ0) is 37.0. The third-order valence-electron chi connectivity index (χ3n) is 8.61. The van der Waals surface area contributed by atoms with Crippen molar-refractivity contribution >= 4 is 66.7 Å². The van der Waals surface area contributed by atoms with Gasteiger partial charge in [0.05, 0.1) is 44.5 Å². The Morgan fingerprint density at radius 3 is 2.37 bits per heavy atom. The van der Waals surface area contributed by atoms with Gasteiger partial charge in [-0.05, 0) is 54.2 Å². The Hall–Kier alpha value is -4.08. The van der Waals surface area contributed by atoms with Crippen molar-refractivity contribution in [3.05, 3.63) is 88.4 Å². The fourth-order valence-corrected chi connectivity index (χ4v) is 8.86. The summed E-state index contributed by atoms with van der Waals surface area (Å²) in [6, 6.07) is 18.1. The van der Waals surface area contributed by atoms with E-state index in [2.05, 4.69) is 10.3 Å². The number of nitrogens with one attached hydrogen (secondary N) is 1. The number of nitrogens with zero attached hydrogens (tertiary/aromatic N) is 4. The first-order valence-electron chi connectivity index (χ1n) is 16.7. The summed E-state index contributed by atoms with van der Waals surface area (Å²) in [5, 5.41) is 15.5. The standard InChI is InChI=1S/C36H43ClN6O6S2/c1-22(2)18-41(51(48,49)25-14-15-26(37)27(38)17-25)19-30(44)29(16-24-10-6-5-7-11-24)40-35(46)34(23(3)4)43-21-33(45)42(36(43)47)20-32-39-28-12-8-9-13-31(28)50-32/h5-15,17,22-23,29-30,34,44H,16,18-21,38H2,1-4H3,(H,40,46)/t29-,30+,34-/m0/s1. The smallest absolute Gasteiger partial charge is 0.328 e. The summed E-state index contributed by atoms with van der Waals surface area (Å²) in [5.74, 6) is -1.53. The highest BCUT2D eigenvalue weighted by atomic mass is 35.5. The molecule has 272 valence electrons. The minimum atomic E-state index is -4.14. The topological polar surface area (TPSA) is 166 Å². The first-order valence-corrected chi connectivity index (χ1v) is 19.3. The third-order valence-corrected chi connectivity index (χ3v) is 11.8. The molecule has 1 saturated heterocycles. The predicted octanol–water partition coefficient (Wildman–Crippen LogP) is 4.76. The third kappa shape index (κ3) is 8.87. The molecular formula is C36H43ClN6O6S2. The van der Waals surface area contributed by atoms with Gasteiger partial charge in [0.15, 0.2) is 0 Å². The lowest BCUT2D eigenvalue weighted by Crippen LogP contribution is -2.57. The Balaban J connectivity index is 1.38. The lowest BCUT2D eigenvalue weighted by molar-refractivity contribution is -0.129. The maximum Gasteiger partial charge on any atom is 0.328 e. The molecule has 0 saturated carbocycles. The zero-order valence-electron chi connectivity index (χ0n) is 28.9. The molecule has 1 aromatic heterocycles. The van der Waals surface area contributed by atoms with E-state index in [1.807, 2.05) is 68.4 Å². The second-order valence-corrected chi connectivity index (χ2v) is 16.9. The fourth-order valence-electron chi connectivity index (χ4n) is 6.13. The summed E-state index contributed by atoms with van der Waals surface area (Å²) in [6.45, 7) is 6.68. The molecule has 3 atom stereocenters. The van der Waals surface area contributed by atoms with Crippen LogP contribution in [0.1, 0.15) is 38.3 Å². The molecule has 12 nitrogen and oxygen atoms in total. The number of imide groups is 1. The van der Waals surface area contributed by atoms with Crippen LogP contribution < -0.4 is 11.1 Å². The number of carbonyl (C=O) groups excluding carboxylic acids is 3. The predicted molar refractivity (Wildman–Crippen MR) is 198 cm³/mol. The molecular weight excluding hydrogens is 712 g/mol. The van der Waals surface area contributed by atoms with Crippen LogP contribution in [-0.2, 0) is 32.6 Å². The van der Waals surface area contributed by atoms with Gasteiger partial charge in [-0.25, -0.2) is 18.2 Å². The average molecular weight is 755 g/mol. The molecule has 4 N–H and O–H groups in total. The van der Waals surface area contributed by atoms with Crippen molar-refractivity contribution in [1.82, 2.24) is 24.4 Å². The molecule has 0 radical (unpaired) electrons. The number of rotatable bonds is 15. The highest BCUT2D eigenvalue weighted by Gasteiger charge is 2.44. The number of anilines is 1. The number of benzene rings is 3. The Morgan fingerprint density at radius 1 is 1.04 bits per heavy atom. The van der Waals surface area contributed by atoms with Crippen molar-refractivity contribution in [2.45, 2.75) is 63.7 Å². The normalized spacial score (nSPS) is 15.7. The number of aliphatic hydroxyl groups excluding tert-OH is 1. The van der Waals surface area contributed by atoms with E-state index in [1.54, 1.807) is 13.8 Å². The van der Waals surface area contributed by atoms with Crippen molar-refractivity contribution in [3.63, 3.8) is 0 Å². The van der Waals surface area contributed by atoms with Gasteiger partial charge in [-0.3, -0.25) is 14.5 Å². The molecule has 0 bridgehead atoms. The molecule has 0 spiro atoms. The highest BCUT2D eigenvalue weighted by molar-refractivity contribution is 7.89. The first-order chi connectivity index (χ1) is 24.1. The number of fused-ring (bicyclic) bond motifs is 1. The van der Waals surface area contributed by atoms with E-state index >= 15 is 0 Å². The second kappa shape index (κ2) is 16.1. The number of thiazole rings is 1. The van der Waals surface area contributed by atoms with Crippen molar-refractivity contribution < 1.29 is 27.9 Å². The van der Waals surface area contributed by atoms with Crippen LogP contribution in [0.3, 0.4) is 0 Å². The Bertz CT molecular complexity index is 1960. The van der Waals surface area contributed by atoms with E-state index in [-0.39, 0.29) is 54.1 Å². The van der Waals surface area contributed by atoms with Crippen molar-refractivity contribution in [2.75, 3.05) is 25.4 Å². The number of halogens is 1. The van der Waals surface area contributed by atoms with Gasteiger partial charge in [0, 0.05) is 13.1 Å². The molecule has 2 heterocycles. The number of hydrogen-bond acceptors (Lipinski definition) is 9. The van der Waals surface area contributed by atoms with Gasteiger partial charge in [0.1, 0.15) is 17.6 Å². The molecule has 4 amide bonds. The minimum Gasteiger partial charge on any atom is -0.397 e. The Kier molecular flexibility index (Phi) is 12.0. The molecule has 5 rings (SSSR count). The number of aliphatic hydroxyl groups is 1. The van der Waals surface area contributed by atoms with E-state index in [9.17, 15) is 27.9 Å². The molecule has 1 fully saturated rings. The van der Waals surface area contributed by atoms with E-state index in [0.717, 1.165) is 20.7 Å². The van der Waals surface area contributed by atoms with Crippen LogP contribution >= 0.6 is 22.9 Å². The first kappa shape index (κ1) is 38.2. The zero-order valence-corrected chi connectivity index (χ0v) is 31.3. The minimum absolute atomic E-state index is 0.0191. The number of amides is 4. The molecule has 1 aliphatic rings. The summed E-state index contributed by atoms with van der Waals surface area (Å²) in [4.78, 5) is 47.9. The monoisotopic (exact) mass is 754 g/mol. The largest absolute Gasteiger partial charge is 0.397 e. The molecule has 51 heavy (non-hydrogen) atoms. The van der Waals surface area contributed by atoms with Crippen LogP contribution in [0.4, 0.5) is 10.5 Å². The lowest BCUT2D eigenvalue weighted by atomic mass is 9.97. The van der Waals surface area contributed by atoms with E-state index in [4.69, 9.17) is 17.3 Å². The van der Waals surface area contributed by atoms with Gasteiger partial charge >= 0.3 is 6.03 Å². The summed E-state index contributed by atoms with van der Waals surface area (Å²) in [5.41, 5.74) is 7.59. The summed E-state index contributed by atoms with van der Waals surface area (Å²) in [7, 11) is -4.14. The summed E-state index contributed by atoms with van der Waals surface area (Å²) >= 11 is 7.45. The van der Waals surface area contributed by atoms with Gasteiger partial charge in [-0.2, -0.15) is 4.31 Å². The molecule has 0 unspecified atom stereocenters. The molecule has 4 aromatic rings. The Morgan fingerprint density at radius 2 is 1.73 bits per heavy atom. The van der Waals surface area contributed by atoms with Crippen LogP contribution in [0.25, 0.3) is 10.2 Å². The average Bonchev–Trinajstić information content (AvgIpc) is 3.61. The highest BCUT2D eigenvalue weighted by Crippen LogP contribution is 2.28. The maximum atomic E-state index is 14.1. The number of aromatic nitrogens is 1. The van der Waals surface area contributed by atoms with Crippen LogP contribution in [0.2, 0.25) is 5.02 Å².